The quantitative estimate of drug-likeness (QED) is 0.0354. The van der Waals surface area contributed by atoms with Gasteiger partial charge in [0.2, 0.25) is 0 Å². The molecule has 0 unspecified atom stereocenters. The van der Waals surface area contributed by atoms with Crippen LogP contribution in [0.4, 0.5) is 0 Å². The molecular formula is C38H74N2S10Zn. The second-order valence-corrected chi connectivity index (χ2v) is 22.7. The predicted molar refractivity (Wildman–Crippen MR) is 251 cm³/mol. The Bertz CT molecular complexity index is 936. The van der Waals surface area contributed by atoms with E-state index < -0.39 is 0 Å². The van der Waals surface area contributed by atoms with Gasteiger partial charge in [-0.3, -0.25) is 0 Å². The van der Waals surface area contributed by atoms with E-state index in [9.17, 15) is 0 Å². The van der Waals surface area contributed by atoms with Crippen molar-refractivity contribution in [2.24, 2.45) is 0 Å². The average molecular weight is 945 g/mol. The minimum Gasteiger partial charge on any atom is -0.429 e. The maximum Gasteiger partial charge on any atom is 0.145 e. The molecule has 2 aromatic heterocycles. The van der Waals surface area contributed by atoms with E-state index in [0.29, 0.717) is 0 Å². The molecule has 0 aliphatic heterocycles. The van der Waals surface area contributed by atoms with Gasteiger partial charge in [-0.1, -0.05) is 119 Å². The summed E-state index contributed by atoms with van der Waals surface area (Å²) in [7, 11) is 0. The standard InChI is InChI=1S/2C16H36N.2C3H2S5.Zn/c2*1-5-9-13-17(14-10-6-2,15-11-7-3)16-12-8-4;2*4-1-2(5)8-3(6)7-1;/h2*5-16H2,1-4H3;2*4-5H;/q2*+1;;;/p-2. The van der Waals surface area contributed by atoms with Gasteiger partial charge in [-0.2, -0.15) is 0 Å². The first-order chi connectivity index (χ1) is 23.9. The van der Waals surface area contributed by atoms with E-state index in [1.54, 1.807) is 0 Å². The summed E-state index contributed by atoms with van der Waals surface area (Å²) in [5.41, 5.74) is 0. The third-order valence-corrected chi connectivity index (χ3v) is 16.2. The molecule has 0 saturated heterocycles. The molecule has 51 heavy (non-hydrogen) atoms. The molecule has 2 rings (SSSR count). The Morgan fingerprint density at radius 3 is 0.686 bits per heavy atom. The summed E-state index contributed by atoms with van der Waals surface area (Å²) < 4.78 is 7.92. The van der Waals surface area contributed by atoms with Gasteiger partial charge in [0.25, 0.3) is 0 Å². The van der Waals surface area contributed by atoms with Gasteiger partial charge >= 0.3 is 0 Å². The van der Waals surface area contributed by atoms with Crippen molar-refractivity contribution in [2.75, 3.05) is 52.4 Å². The van der Waals surface area contributed by atoms with Crippen LogP contribution in [0.1, 0.15) is 158 Å². The van der Waals surface area contributed by atoms with Crippen molar-refractivity contribution in [3.05, 3.63) is 6.28 Å². The van der Waals surface area contributed by atoms with Crippen molar-refractivity contribution in [1.82, 2.24) is 0 Å². The first-order valence-corrected chi connectivity index (χ1v) is 25.4. The second-order valence-electron chi connectivity index (χ2n) is 13.4. The molecule has 0 aromatic carbocycles. The Morgan fingerprint density at radius 1 is 0.412 bits per heavy atom. The van der Waals surface area contributed by atoms with Crippen LogP contribution < -0.4 is 0 Å². The Morgan fingerprint density at radius 2 is 0.588 bits per heavy atom. The zero-order chi connectivity index (χ0) is 38.3. The van der Waals surface area contributed by atoms with E-state index >= 15 is 0 Å². The van der Waals surface area contributed by atoms with E-state index in [0.717, 1.165) is 23.1 Å². The van der Waals surface area contributed by atoms with Crippen LogP contribution in [0.5, 0.6) is 0 Å². The van der Waals surface area contributed by atoms with Crippen molar-refractivity contribution >= 4 is 120 Å². The minimum absolute atomic E-state index is 0. The number of thiol groups is 2. The van der Waals surface area contributed by atoms with Crippen LogP contribution in [0.25, 0.3) is 0 Å². The van der Waals surface area contributed by atoms with Crippen molar-refractivity contribution in [3.8, 4) is 0 Å². The van der Waals surface area contributed by atoms with E-state index in [1.807, 2.05) is 0 Å². The summed E-state index contributed by atoms with van der Waals surface area (Å²) in [6.45, 7) is 30.0. The van der Waals surface area contributed by atoms with Gasteiger partial charge in [0.1, 0.15) is 3.14 Å². The molecule has 0 amide bonds. The normalized spacial score (nSPS) is 11.0. The molecule has 0 N–H and O–H groups in total. The molecule has 0 fully saturated rings. The minimum atomic E-state index is 0. The maximum absolute atomic E-state index is 4.86. The summed E-state index contributed by atoms with van der Waals surface area (Å²) >= 11 is 33.4. The fourth-order valence-corrected chi connectivity index (χ4v) is 12.6. The van der Waals surface area contributed by atoms with Crippen molar-refractivity contribution < 1.29 is 28.4 Å². The summed E-state index contributed by atoms with van der Waals surface area (Å²) in [6.07, 6.45) is 22.1. The van der Waals surface area contributed by atoms with Crippen LogP contribution in [-0.4, -0.2) is 61.3 Å². The first-order valence-electron chi connectivity index (χ1n) is 19.6. The van der Waals surface area contributed by atoms with Gasteiger partial charge in [0.15, 0.2) is 0 Å². The SMILES string of the molecule is CCCC[N+](CCCC)(CCCC)CCCC.CCCC[N+](CCCC)(CCCC)CCCC.S=c1sc(S)c(S)s1.S=c1sc([S-])c([S-])s1.[Zn]. The van der Waals surface area contributed by atoms with Gasteiger partial charge in [-0.15, -0.1) is 68.6 Å². The summed E-state index contributed by atoms with van der Waals surface area (Å²) in [5.74, 6) is 0. The molecule has 0 saturated carbocycles. The molecular weight excluding hydrogens is 870 g/mol. The number of hydrogen-bond acceptors (Lipinski definition) is 10. The van der Waals surface area contributed by atoms with Crippen molar-refractivity contribution in [3.63, 3.8) is 0 Å². The summed E-state index contributed by atoms with van der Waals surface area (Å²) in [5, 5.41) is 0. The molecule has 0 spiro atoms. The summed E-state index contributed by atoms with van der Waals surface area (Å²) in [4.78, 5) is 0. The fraction of sp³-hybridized carbons (Fsp3) is 0.842. The monoisotopic (exact) mass is 942 g/mol. The van der Waals surface area contributed by atoms with Gasteiger partial charge in [0, 0.05) is 19.5 Å². The zero-order valence-corrected chi connectivity index (χ0v) is 45.0. The number of unbranched alkanes of at least 4 members (excludes halogenated alkanes) is 8. The number of nitrogens with zero attached hydrogens (tertiary/aromatic N) is 2. The van der Waals surface area contributed by atoms with Crippen molar-refractivity contribution in [1.29, 1.82) is 0 Å². The average Bonchev–Trinajstić information content (AvgIpc) is 3.57. The molecule has 0 atom stereocenters. The maximum atomic E-state index is 4.86. The van der Waals surface area contributed by atoms with E-state index in [1.165, 1.54) is 209 Å². The topological polar surface area (TPSA) is 0 Å². The second kappa shape index (κ2) is 37.8. The van der Waals surface area contributed by atoms with Crippen LogP contribution >= 0.6 is 95.0 Å². The molecule has 2 nitrogen and oxygen atoms in total. The number of quaternary nitrogens is 2. The van der Waals surface area contributed by atoms with Crippen LogP contribution in [0, 0.1) is 6.28 Å². The molecule has 13 heteroatoms. The molecule has 2 heterocycles. The van der Waals surface area contributed by atoms with Crippen molar-refractivity contribution in [2.45, 2.75) is 175 Å². The molecule has 298 valence electrons. The molecule has 0 aliphatic rings. The van der Waals surface area contributed by atoms with Gasteiger partial charge in [-0.25, -0.2) is 0 Å². The predicted octanol–water partition coefficient (Wildman–Crippen LogP) is 15.5. The van der Waals surface area contributed by atoms with Gasteiger partial charge in [0.05, 0.1) is 60.8 Å². The van der Waals surface area contributed by atoms with E-state index in [2.05, 4.69) is 80.6 Å². The van der Waals surface area contributed by atoms with E-state index in [4.69, 9.17) is 49.7 Å². The molecule has 0 aliphatic carbocycles. The molecule has 0 bridgehead atoms. The van der Waals surface area contributed by atoms with Gasteiger partial charge in [-0.05, 0) is 54.5 Å². The third-order valence-electron chi connectivity index (χ3n) is 8.95. The fourth-order valence-electron chi connectivity index (χ4n) is 5.81. The van der Waals surface area contributed by atoms with Gasteiger partial charge < -0.3 is 56.9 Å². The van der Waals surface area contributed by atoms with Crippen LogP contribution in [0.2, 0.25) is 0 Å². The molecule has 2 aromatic rings. The zero-order valence-electron chi connectivity index (χ0n) is 33.7. The first kappa shape index (κ1) is 57.5. The van der Waals surface area contributed by atoms with E-state index in [-0.39, 0.29) is 19.5 Å². The largest absolute Gasteiger partial charge is 0.429 e. The third kappa shape index (κ3) is 30.0. The van der Waals surface area contributed by atoms with Crippen LogP contribution in [-0.2, 0) is 44.7 Å². The smallest absolute Gasteiger partial charge is 0.145 e. The number of hydrogen-bond donors (Lipinski definition) is 2. The Labute approximate surface area is 378 Å². The number of rotatable bonds is 24. The summed E-state index contributed by atoms with van der Waals surface area (Å²) in [6, 6.07) is 0. The van der Waals surface area contributed by atoms with Crippen LogP contribution in [0.3, 0.4) is 0 Å². The van der Waals surface area contributed by atoms with Crippen LogP contribution in [0.15, 0.2) is 16.8 Å². The Hall–Kier alpha value is 2.22. The Balaban J connectivity index is -0.000000630. The Kier molecular flexibility index (Phi) is 42.6. The molecule has 0 radical (unpaired) electrons.